The summed E-state index contributed by atoms with van der Waals surface area (Å²) in [6, 6.07) is 24.3. The highest BCUT2D eigenvalue weighted by Gasteiger charge is 2.25. The van der Waals surface area contributed by atoms with Gasteiger partial charge in [-0.3, -0.25) is 9.10 Å². The van der Waals surface area contributed by atoms with Crippen molar-refractivity contribution in [2.75, 3.05) is 22.7 Å². The summed E-state index contributed by atoms with van der Waals surface area (Å²) in [4.78, 5) is 17.6. The highest BCUT2D eigenvalue weighted by molar-refractivity contribution is 7.90. The summed E-state index contributed by atoms with van der Waals surface area (Å²) in [5.74, 6) is -0.271. The molecule has 5 rings (SSSR count). The number of hydrogen-bond acceptors (Lipinski definition) is 4. The van der Waals surface area contributed by atoms with Crippen LogP contribution in [0.2, 0.25) is 0 Å². The number of benzene rings is 3. The number of aryl methyl sites for hydroxylation is 1. The molecule has 0 atom stereocenters. The number of pyridine rings is 1. The molecule has 1 aromatic heterocycles. The van der Waals surface area contributed by atoms with Crippen molar-refractivity contribution in [3.63, 3.8) is 0 Å². The summed E-state index contributed by atoms with van der Waals surface area (Å²) in [7, 11) is -3.53. The predicted octanol–water partition coefficient (Wildman–Crippen LogP) is 4.51. The number of nitrogens with one attached hydrogen (secondary N) is 2. The van der Waals surface area contributed by atoms with Gasteiger partial charge >= 0.3 is 10.2 Å². The highest BCUT2D eigenvalue weighted by Crippen LogP contribution is 2.27. The van der Waals surface area contributed by atoms with Crippen LogP contribution in [0, 0.1) is 6.92 Å². The first kappa shape index (κ1) is 22.1. The molecule has 3 aromatic carbocycles. The van der Waals surface area contributed by atoms with E-state index >= 15 is 0 Å². The standard InChI is InChI=1S/C26H24N4O3S/c1-18-7-11-21(17-23(18)25-14-10-19-5-2-3-6-24(19)29-25)28-26(31)20-8-12-22(13-9-20)30-16-4-15-27-34(30,32)33/h2-3,5-14,17,27H,4,15-16H2,1H3,(H,28,31). The number of para-hydroxylation sites is 1. The van der Waals surface area contributed by atoms with Crippen molar-refractivity contribution >= 4 is 38.4 Å². The van der Waals surface area contributed by atoms with Gasteiger partial charge in [-0.2, -0.15) is 13.1 Å². The van der Waals surface area contributed by atoms with Gasteiger partial charge in [-0.05, 0) is 67.4 Å². The van der Waals surface area contributed by atoms with Crippen molar-refractivity contribution in [3.8, 4) is 11.3 Å². The van der Waals surface area contributed by atoms with E-state index in [-0.39, 0.29) is 5.91 Å². The second-order valence-electron chi connectivity index (χ2n) is 8.24. The van der Waals surface area contributed by atoms with E-state index in [9.17, 15) is 13.2 Å². The molecule has 34 heavy (non-hydrogen) atoms. The highest BCUT2D eigenvalue weighted by atomic mass is 32.2. The van der Waals surface area contributed by atoms with E-state index in [1.807, 2.05) is 61.5 Å². The first-order valence-electron chi connectivity index (χ1n) is 11.1. The summed E-state index contributed by atoms with van der Waals surface area (Å²) < 4.78 is 28.3. The van der Waals surface area contributed by atoms with Crippen molar-refractivity contribution in [3.05, 3.63) is 90.0 Å². The lowest BCUT2D eigenvalue weighted by Gasteiger charge is -2.28. The number of nitrogens with zero attached hydrogens (tertiary/aromatic N) is 2. The molecule has 0 saturated carbocycles. The van der Waals surface area contributed by atoms with E-state index in [2.05, 4.69) is 10.0 Å². The molecule has 172 valence electrons. The Balaban J connectivity index is 1.36. The van der Waals surface area contributed by atoms with Crippen LogP contribution in [-0.2, 0) is 10.2 Å². The van der Waals surface area contributed by atoms with E-state index in [0.29, 0.717) is 30.0 Å². The topological polar surface area (TPSA) is 91.4 Å². The third-order valence-corrected chi connectivity index (χ3v) is 7.44. The molecule has 0 spiro atoms. The monoisotopic (exact) mass is 472 g/mol. The molecule has 7 nitrogen and oxygen atoms in total. The molecule has 8 heteroatoms. The fraction of sp³-hybridized carbons (Fsp3) is 0.154. The zero-order valence-corrected chi connectivity index (χ0v) is 19.5. The Morgan fingerprint density at radius 2 is 1.79 bits per heavy atom. The van der Waals surface area contributed by atoms with Crippen LogP contribution in [0.25, 0.3) is 22.2 Å². The van der Waals surface area contributed by atoms with Gasteiger partial charge in [-0.25, -0.2) is 4.98 Å². The first-order valence-corrected chi connectivity index (χ1v) is 12.5. The minimum Gasteiger partial charge on any atom is -0.322 e. The number of amides is 1. The van der Waals surface area contributed by atoms with Crippen LogP contribution in [0.15, 0.2) is 78.9 Å². The molecule has 1 amide bonds. The molecule has 1 fully saturated rings. The van der Waals surface area contributed by atoms with Crippen LogP contribution < -0.4 is 14.3 Å². The van der Waals surface area contributed by atoms with Gasteiger partial charge in [0.15, 0.2) is 0 Å². The second kappa shape index (κ2) is 8.89. The Morgan fingerprint density at radius 3 is 2.59 bits per heavy atom. The second-order valence-corrected chi connectivity index (χ2v) is 9.92. The molecule has 0 radical (unpaired) electrons. The molecule has 0 aliphatic carbocycles. The van der Waals surface area contributed by atoms with Crippen molar-refractivity contribution in [2.45, 2.75) is 13.3 Å². The third kappa shape index (κ3) is 4.37. The maximum Gasteiger partial charge on any atom is 0.301 e. The molecular formula is C26H24N4O3S. The Morgan fingerprint density at radius 1 is 1.00 bits per heavy atom. The van der Waals surface area contributed by atoms with Crippen molar-refractivity contribution in [2.24, 2.45) is 0 Å². The van der Waals surface area contributed by atoms with Gasteiger partial charge in [-0.15, -0.1) is 0 Å². The van der Waals surface area contributed by atoms with Crippen LogP contribution in [0.3, 0.4) is 0 Å². The average molecular weight is 473 g/mol. The predicted molar refractivity (Wildman–Crippen MR) is 135 cm³/mol. The number of hydrogen-bond donors (Lipinski definition) is 2. The van der Waals surface area contributed by atoms with Crippen LogP contribution in [0.1, 0.15) is 22.3 Å². The van der Waals surface area contributed by atoms with E-state index in [0.717, 1.165) is 34.1 Å². The Kier molecular flexibility index (Phi) is 5.77. The first-order chi connectivity index (χ1) is 16.4. The Bertz CT molecular complexity index is 1480. The normalized spacial score (nSPS) is 15.3. The quantitative estimate of drug-likeness (QED) is 0.457. The lowest BCUT2D eigenvalue weighted by molar-refractivity contribution is 0.102. The van der Waals surface area contributed by atoms with Crippen molar-refractivity contribution in [1.82, 2.24) is 9.71 Å². The molecule has 0 unspecified atom stereocenters. The van der Waals surface area contributed by atoms with Crippen molar-refractivity contribution < 1.29 is 13.2 Å². The molecule has 1 aliphatic rings. The molecule has 2 heterocycles. The van der Waals surface area contributed by atoms with Gasteiger partial charge in [0.05, 0.1) is 16.9 Å². The van der Waals surface area contributed by atoms with Crippen molar-refractivity contribution in [1.29, 1.82) is 0 Å². The number of aromatic nitrogens is 1. The van der Waals surface area contributed by atoms with Gasteiger partial charge in [0, 0.05) is 35.3 Å². The van der Waals surface area contributed by atoms with E-state index < -0.39 is 10.2 Å². The lowest BCUT2D eigenvalue weighted by atomic mass is 10.0. The maximum absolute atomic E-state index is 12.9. The number of anilines is 2. The van der Waals surface area contributed by atoms with E-state index in [1.54, 1.807) is 24.3 Å². The third-order valence-electron chi connectivity index (χ3n) is 5.90. The Labute approximate surface area is 198 Å². The summed E-state index contributed by atoms with van der Waals surface area (Å²) in [5, 5.41) is 4.01. The SMILES string of the molecule is Cc1ccc(NC(=O)c2ccc(N3CCCNS3(=O)=O)cc2)cc1-c1ccc2ccccc2n1. The minimum atomic E-state index is -3.53. The van der Waals surface area contributed by atoms with Gasteiger partial charge < -0.3 is 5.32 Å². The smallest absolute Gasteiger partial charge is 0.301 e. The number of fused-ring (bicyclic) bond motifs is 1. The summed E-state index contributed by atoms with van der Waals surface area (Å²) in [5.41, 5.74) is 5.39. The number of carbonyl (C=O) groups excluding carboxylic acids is 1. The van der Waals surface area contributed by atoms with Crippen LogP contribution in [0.5, 0.6) is 0 Å². The fourth-order valence-electron chi connectivity index (χ4n) is 4.06. The molecule has 1 aliphatic heterocycles. The fourth-order valence-corrected chi connectivity index (χ4v) is 5.39. The maximum atomic E-state index is 12.9. The number of rotatable bonds is 4. The molecule has 0 bridgehead atoms. The molecule has 2 N–H and O–H groups in total. The summed E-state index contributed by atoms with van der Waals surface area (Å²) in [6.45, 7) is 2.86. The van der Waals surface area contributed by atoms with Gasteiger partial charge in [0.2, 0.25) is 0 Å². The Hall–Kier alpha value is -3.75. The van der Waals surface area contributed by atoms with E-state index in [1.165, 1.54) is 4.31 Å². The number of carbonyl (C=O) groups is 1. The molecule has 4 aromatic rings. The lowest BCUT2D eigenvalue weighted by Crippen LogP contribution is -2.47. The molecule has 1 saturated heterocycles. The van der Waals surface area contributed by atoms with E-state index in [4.69, 9.17) is 4.98 Å². The summed E-state index contributed by atoms with van der Waals surface area (Å²) in [6.07, 6.45) is 0.725. The minimum absolute atomic E-state index is 0.271. The van der Waals surface area contributed by atoms with Crippen LogP contribution in [-0.4, -0.2) is 32.4 Å². The van der Waals surface area contributed by atoms with Crippen LogP contribution >= 0.6 is 0 Å². The molecular weight excluding hydrogens is 448 g/mol. The zero-order chi connectivity index (χ0) is 23.7. The van der Waals surface area contributed by atoms with Gasteiger partial charge in [0.1, 0.15) is 0 Å². The zero-order valence-electron chi connectivity index (χ0n) is 18.7. The van der Waals surface area contributed by atoms with Crippen LogP contribution in [0.4, 0.5) is 11.4 Å². The largest absolute Gasteiger partial charge is 0.322 e. The average Bonchev–Trinajstić information content (AvgIpc) is 2.85. The van der Waals surface area contributed by atoms with Gasteiger partial charge in [0.25, 0.3) is 5.91 Å². The summed E-state index contributed by atoms with van der Waals surface area (Å²) >= 11 is 0. The van der Waals surface area contributed by atoms with Gasteiger partial charge in [-0.1, -0.05) is 30.3 Å².